The van der Waals surface area contributed by atoms with Crippen LogP contribution in [0.4, 0.5) is 0 Å². The molecule has 6 nitrogen and oxygen atoms in total. The van der Waals surface area contributed by atoms with Crippen LogP contribution in [0.25, 0.3) is 66.9 Å². The molecule has 0 atom stereocenters. The first kappa shape index (κ1) is 24.9. The Labute approximate surface area is 254 Å². The monoisotopic (exact) mass is 568 g/mol. The molecule has 8 aromatic rings. The van der Waals surface area contributed by atoms with Crippen molar-refractivity contribution in [2.45, 2.75) is 25.7 Å². The van der Waals surface area contributed by atoms with Crippen molar-refractivity contribution < 1.29 is 0 Å². The smallest absolute Gasteiger partial charge is 0.159 e. The highest BCUT2D eigenvalue weighted by Gasteiger charge is 2.25. The molecule has 0 amide bonds. The van der Waals surface area contributed by atoms with E-state index in [1.807, 2.05) is 12.1 Å². The number of para-hydroxylation sites is 1. The summed E-state index contributed by atoms with van der Waals surface area (Å²) in [6.07, 6.45) is 11.8. The van der Waals surface area contributed by atoms with Crippen LogP contribution in [0.5, 0.6) is 0 Å². The van der Waals surface area contributed by atoms with E-state index in [2.05, 4.69) is 114 Å². The van der Waals surface area contributed by atoms with Gasteiger partial charge in [0.1, 0.15) is 0 Å². The van der Waals surface area contributed by atoms with E-state index in [4.69, 9.17) is 0 Å². The Morgan fingerprint density at radius 1 is 0.455 bits per heavy atom. The van der Waals surface area contributed by atoms with E-state index in [0.717, 1.165) is 41.3 Å². The number of hydrogen-bond donors (Lipinski definition) is 0. The first-order chi connectivity index (χ1) is 21.8. The van der Waals surface area contributed by atoms with Crippen LogP contribution in [0.15, 0.2) is 122 Å². The second kappa shape index (κ2) is 9.99. The van der Waals surface area contributed by atoms with E-state index in [9.17, 15) is 0 Å². The Morgan fingerprint density at radius 2 is 1.00 bits per heavy atom. The number of hydrogen-bond acceptors (Lipinski definition) is 4. The summed E-state index contributed by atoms with van der Waals surface area (Å²) in [6, 6.07) is 34.4. The van der Waals surface area contributed by atoms with Gasteiger partial charge >= 0.3 is 0 Å². The summed E-state index contributed by atoms with van der Waals surface area (Å²) >= 11 is 0. The summed E-state index contributed by atoms with van der Waals surface area (Å²) in [4.78, 5) is 17.8. The second-order valence-electron chi connectivity index (χ2n) is 11.4. The quantitative estimate of drug-likeness (QED) is 0.214. The largest absolute Gasteiger partial charge is 0.313 e. The van der Waals surface area contributed by atoms with E-state index in [1.54, 1.807) is 24.8 Å². The molecule has 0 fully saturated rings. The van der Waals surface area contributed by atoms with Gasteiger partial charge in [-0.25, -0.2) is 19.9 Å². The molecule has 4 aromatic carbocycles. The van der Waals surface area contributed by atoms with Crippen molar-refractivity contribution in [3.63, 3.8) is 0 Å². The van der Waals surface area contributed by atoms with Crippen LogP contribution < -0.4 is 0 Å². The Bertz CT molecular complexity index is 2300. The zero-order valence-electron chi connectivity index (χ0n) is 24.1. The standard InChI is InChI=1S/C38H28N6/c1-3-9-31-29(7-1)35-33(43(31)27-15-11-25(12-16-27)37-39-21-5-22-40-37)19-20-34-36(35)30-8-2-4-10-32(30)44(34)28-17-13-26(14-18-28)38-41-23-6-24-42-38/h1,3,5-7,9,11-24H,2,4,8,10H2. The predicted molar refractivity (Wildman–Crippen MR) is 176 cm³/mol. The van der Waals surface area contributed by atoms with E-state index in [1.165, 1.54) is 62.5 Å². The van der Waals surface area contributed by atoms with Crippen molar-refractivity contribution in [3.05, 3.63) is 133 Å². The summed E-state index contributed by atoms with van der Waals surface area (Å²) in [5, 5.41) is 4.00. The maximum Gasteiger partial charge on any atom is 0.159 e. The molecule has 0 spiro atoms. The lowest BCUT2D eigenvalue weighted by Gasteiger charge is -2.16. The molecule has 0 saturated carbocycles. The van der Waals surface area contributed by atoms with Gasteiger partial charge in [0.05, 0.1) is 16.6 Å². The molecule has 44 heavy (non-hydrogen) atoms. The minimum absolute atomic E-state index is 0.736. The van der Waals surface area contributed by atoms with E-state index >= 15 is 0 Å². The lowest BCUT2D eigenvalue weighted by molar-refractivity contribution is 0.667. The number of aryl methyl sites for hydroxylation is 1. The fourth-order valence-electron chi connectivity index (χ4n) is 7.08. The lowest BCUT2D eigenvalue weighted by atomic mass is 9.94. The minimum atomic E-state index is 0.736. The van der Waals surface area contributed by atoms with E-state index in [0.29, 0.717) is 0 Å². The summed E-state index contributed by atoms with van der Waals surface area (Å²) < 4.78 is 4.90. The number of benzene rings is 4. The van der Waals surface area contributed by atoms with Gasteiger partial charge in [0, 0.05) is 69.1 Å². The first-order valence-corrected chi connectivity index (χ1v) is 15.2. The molecule has 1 aliphatic carbocycles. The zero-order chi connectivity index (χ0) is 29.0. The number of fused-ring (bicyclic) bond motifs is 7. The summed E-state index contributed by atoms with van der Waals surface area (Å²) in [6.45, 7) is 0. The van der Waals surface area contributed by atoms with Crippen molar-refractivity contribution in [2.75, 3.05) is 0 Å². The van der Waals surface area contributed by atoms with Crippen LogP contribution in [0.2, 0.25) is 0 Å². The van der Waals surface area contributed by atoms with Gasteiger partial charge in [-0.1, -0.05) is 18.2 Å². The molecule has 4 aromatic heterocycles. The van der Waals surface area contributed by atoms with Gasteiger partial charge in [0.25, 0.3) is 0 Å². The molecule has 0 aliphatic heterocycles. The van der Waals surface area contributed by atoms with Gasteiger partial charge in [0.2, 0.25) is 0 Å². The number of nitrogens with zero attached hydrogens (tertiary/aromatic N) is 6. The SMILES string of the molecule is c1cnc(-c2ccc(-n3c4c(c5c6c7ccccc7n(-c7ccc(-c8ncccn8)cc7)c6ccc53)CCCC4)cc2)nc1. The van der Waals surface area contributed by atoms with Gasteiger partial charge in [-0.2, -0.15) is 0 Å². The Hall–Kier alpha value is -5.62. The fourth-order valence-corrected chi connectivity index (χ4v) is 7.08. The van der Waals surface area contributed by atoms with Crippen LogP contribution in [0, 0.1) is 0 Å². The van der Waals surface area contributed by atoms with Gasteiger partial charge in [0.15, 0.2) is 11.6 Å². The highest BCUT2D eigenvalue weighted by atomic mass is 15.0. The Kier molecular flexibility index (Phi) is 5.66. The van der Waals surface area contributed by atoms with Crippen LogP contribution in [-0.4, -0.2) is 29.1 Å². The topological polar surface area (TPSA) is 61.4 Å². The average Bonchev–Trinajstić information content (AvgIpc) is 3.62. The van der Waals surface area contributed by atoms with Gasteiger partial charge < -0.3 is 9.13 Å². The molecule has 0 saturated heterocycles. The third kappa shape index (κ3) is 3.81. The Morgan fingerprint density at radius 3 is 1.64 bits per heavy atom. The maximum atomic E-state index is 4.45. The molecular weight excluding hydrogens is 540 g/mol. The maximum absolute atomic E-state index is 4.45. The normalized spacial score (nSPS) is 13.1. The molecule has 9 rings (SSSR count). The number of rotatable bonds is 4. The molecule has 0 radical (unpaired) electrons. The fraction of sp³-hybridized carbons (Fsp3) is 0.105. The van der Waals surface area contributed by atoms with Crippen LogP contribution >= 0.6 is 0 Å². The minimum Gasteiger partial charge on any atom is -0.313 e. The van der Waals surface area contributed by atoms with Crippen molar-refractivity contribution in [1.82, 2.24) is 29.1 Å². The average molecular weight is 569 g/mol. The van der Waals surface area contributed by atoms with Gasteiger partial charge in [-0.15, -0.1) is 0 Å². The molecule has 0 bridgehead atoms. The van der Waals surface area contributed by atoms with Gasteiger partial charge in [-0.3, -0.25) is 0 Å². The predicted octanol–water partition coefficient (Wildman–Crippen LogP) is 8.52. The van der Waals surface area contributed by atoms with E-state index < -0.39 is 0 Å². The van der Waals surface area contributed by atoms with Gasteiger partial charge in [-0.05, 0) is 110 Å². The van der Waals surface area contributed by atoms with Crippen molar-refractivity contribution in [2.24, 2.45) is 0 Å². The molecule has 0 unspecified atom stereocenters. The number of aromatic nitrogens is 6. The van der Waals surface area contributed by atoms with E-state index in [-0.39, 0.29) is 0 Å². The highest BCUT2D eigenvalue weighted by Crippen LogP contribution is 2.43. The molecular formula is C38H28N6. The molecule has 1 aliphatic rings. The molecule has 210 valence electrons. The lowest BCUT2D eigenvalue weighted by Crippen LogP contribution is -2.06. The highest BCUT2D eigenvalue weighted by molar-refractivity contribution is 6.22. The van der Waals surface area contributed by atoms with Crippen LogP contribution in [0.1, 0.15) is 24.1 Å². The van der Waals surface area contributed by atoms with Crippen molar-refractivity contribution in [1.29, 1.82) is 0 Å². The third-order valence-corrected chi connectivity index (χ3v) is 8.97. The molecule has 4 heterocycles. The van der Waals surface area contributed by atoms with Crippen LogP contribution in [0.3, 0.4) is 0 Å². The third-order valence-electron chi connectivity index (χ3n) is 8.97. The summed E-state index contributed by atoms with van der Waals surface area (Å²) in [7, 11) is 0. The molecule has 6 heteroatoms. The second-order valence-corrected chi connectivity index (χ2v) is 11.4. The van der Waals surface area contributed by atoms with Crippen molar-refractivity contribution >= 4 is 32.7 Å². The first-order valence-electron chi connectivity index (χ1n) is 15.2. The van der Waals surface area contributed by atoms with Crippen molar-refractivity contribution in [3.8, 4) is 34.2 Å². The Balaban J connectivity index is 1.27. The van der Waals surface area contributed by atoms with Crippen LogP contribution in [-0.2, 0) is 12.8 Å². The summed E-state index contributed by atoms with van der Waals surface area (Å²) in [5.41, 5.74) is 11.0. The zero-order valence-corrected chi connectivity index (χ0v) is 24.1. The molecule has 0 N–H and O–H groups in total. The summed E-state index contributed by atoms with van der Waals surface area (Å²) in [5.74, 6) is 1.48.